The fourth-order valence-electron chi connectivity index (χ4n) is 5.45. The van der Waals surface area contributed by atoms with Gasteiger partial charge in [-0.2, -0.15) is 0 Å². The quantitative estimate of drug-likeness (QED) is 0.206. The minimum atomic E-state index is -2.55. The van der Waals surface area contributed by atoms with E-state index in [1.54, 1.807) is 6.07 Å². The lowest BCUT2D eigenvalue weighted by atomic mass is 9.69. The Balaban J connectivity index is 1.20. The molecule has 0 bridgehead atoms. The summed E-state index contributed by atoms with van der Waals surface area (Å²) in [5, 5.41) is 0.550. The summed E-state index contributed by atoms with van der Waals surface area (Å²) < 4.78 is 47.2. The average Bonchev–Trinajstić information content (AvgIpc) is 3.27. The fourth-order valence-corrected chi connectivity index (χ4v) is 7.98. The van der Waals surface area contributed by atoms with Crippen molar-refractivity contribution < 1.29 is 22.7 Å². The van der Waals surface area contributed by atoms with E-state index in [2.05, 4.69) is 32.5 Å². The molecule has 2 atom stereocenters. The zero-order chi connectivity index (χ0) is 24.5. The second kappa shape index (κ2) is 8.37. The van der Waals surface area contributed by atoms with Gasteiger partial charge in [0, 0.05) is 53.1 Å². The van der Waals surface area contributed by atoms with Crippen molar-refractivity contribution in [2.75, 3.05) is 20.2 Å². The van der Waals surface area contributed by atoms with Crippen molar-refractivity contribution in [2.45, 2.75) is 41.1 Å². The number of hydrogen-bond acceptors (Lipinski definition) is 6. The van der Waals surface area contributed by atoms with Crippen LogP contribution in [0.4, 0.5) is 13.2 Å². The highest BCUT2D eigenvalue weighted by atomic mass is 127. The van der Waals surface area contributed by atoms with Crippen molar-refractivity contribution in [1.82, 2.24) is 14.9 Å². The number of carbonyl (C=O) groups is 1. The van der Waals surface area contributed by atoms with E-state index in [4.69, 9.17) is 9.72 Å². The first-order valence-corrected chi connectivity index (χ1v) is 13.6. The van der Waals surface area contributed by atoms with E-state index < -0.39 is 5.92 Å². The van der Waals surface area contributed by atoms with Crippen molar-refractivity contribution in [3.8, 4) is 10.6 Å². The van der Waals surface area contributed by atoms with Gasteiger partial charge < -0.3 is 4.74 Å². The predicted octanol–water partition coefficient (Wildman–Crippen LogP) is 5.59. The first-order valence-electron chi connectivity index (χ1n) is 11.6. The van der Waals surface area contributed by atoms with Crippen LogP contribution in [0, 0.1) is 17.7 Å². The van der Waals surface area contributed by atoms with Crippen molar-refractivity contribution in [3.05, 3.63) is 47.4 Å². The summed E-state index contributed by atoms with van der Waals surface area (Å²) in [5.74, 6) is -3.27. The van der Waals surface area contributed by atoms with Gasteiger partial charge in [0.05, 0.1) is 13.0 Å². The van der Waals surface area contributed by atoms with E-state index in [0.717, 1.165) is 17.7 Å². The number of aromatic nitrogens is 2. The van der Waals surface area contributed by atoms with Crippen LogP contribution in [-0.4, -0.2) is 50.9 Å². The molecule has 1 aromatic carbocycles. The SMILES string of the molecule is COC(=O)C1CN(Cc2ccc(-c3nc4ccc(C5(C6CC(F)(F)C6)CC5I)nc4s3)c(F)c2)C1. The Hall–Kier alpha value is -1.79. The number of hydrogen-bond donors (Lipinski definition) is 0. The molecule has 0 N–H and O–H groups in total. The number of alkyl halides is 3. The third-order valence-corrected chi connectivity index (χ3v) is 10.2. The molecular formula is C25H23F3IN3O2S. The number of rotatable bonds is 6. The Morgan fingerprint density at radius 1 is 1.20 bits per heavy atom. The molecule has 2 aliphatic carbocycles. The largest absolute Gasteiger partial charge is 0.469 e. The summed E-state index contributed by atoms with van der Waals surface area (Å²) in [6.07, 6.45) is 0.725. The van der Waals surface area contributed by atoms with Gasteiger partial charge in [0.15, 0.2) is 0 Å². The molecule has 3 fully saturated rings. The monoisotopic (exact) mass is 613 g/mol. The predicted molar refractivity (Wildman–Crippen MR) is 135 cm³/mol. The van der Waals surface area contributed by atoms with Crippen LogP contribution in [0.2, 0.25) is 0 Å². The number of benzene rings is 1. The first-order chi connectivity index (χ1) is 16.7. The van der Waals surface area contributed by atoms with Gasteiger partial charge in [-0.25, -0.2) is 23.1 Å². The number of halogens is 4. The molecule has 2 aromatic heterocycles. The lowest BCUT2D eigenvalue weighted by Crippen LogP contribution is -2.49. The van der Waals surface area contributed by atoms with Gasteiger partial charge in [0.1, 0.15) is 21.2 Å². The number of ether oxygens (including phenoxy) is 1. The van der Waals surface area contributed by atoms with Crippen molar-refractivity contribution in [2.24, 2.45) is 11.8 Å². The normalized spacial score (nSPS) is 26.4. The molecule has 3 aliphatic rings. The third-order valence-electron chi connectivity index (χ3n) is 7.63. The maximum atomic E-state index is 15.0. The van der Waals surface area contributed by atoms with Gasteiger partial charge in [0.25, 0.3) is 0 Å². The van der Waals surface area contributed by atoms with Crippen LogP contribution < -0.4 is 0 Å². The van der Waals surface area contributed by atoms with Gasteiger partial charge >= 0.3 is 5.97 Å². The lowest BCUT2D eigenvalue weighted by molar-refractivity contribution is -0.151. The Kier molecular flexibility index (Phi) is 5.65. The molecular weight excluding hydrogens is 590 g/mol. The minimum absolute atomic E-state index is 0.0453. The number of likely N-dealkylation sites (tertiary alicyclic amines) is 1. The molecule has 3 heterocycles. The second-order valence-electron chi connectivity index (χ2n) is 9.94. The van der Waals surface area contributed by atoms with Crippen LogP contribution in [0.5, 0.6) is 0 Å². The Morgan fingerprint density at radius 3 is 2.57 bits per heavy atom. The highest BCUT2D eigenvalue weighted by Gasteiger charge is 2.66. The smallest absolute Gasteiger partial charge is 0.311 e. The summed E-state index contributed by atoms with van der Waals surface area (Å²) in [5.41, 5.74) is 2.51. The Labute approximate surface area is 218 Å². The molecule has 5 nitrogen and oxygen atoms in total. The zero-order valence-electron chi connectivity index (χ0n) is 18.9. The molecule has 184 valence electrons. The molecule has 35 heavy (non-hydrogen) atoms. The molecule has 1 saturated heterocycles. The van der Waals surface area contributed by atoms with Gasteiger partial charge in [-0.15, -0.1) is 0 Å². The number of fused-ring (bicyclic) bond motifs is 1. The number of methoxy groups -OCH3 is 1. The molecule has 0 radical (unpaired) electrons. The van der Waals surface area contributed by atoms with Gasteiger partial charge in [-0.3, -0.25) is 9.69 Å². The summed E-state index contributed by atoms with van der Waals surface area (Å²) in [4.78, 5) is 23.8. The van der Waals surface area contributed by atoms with Gasteiger partial charge in [0.2, 0.25) is 5.92 Å². The highest BCUT2D eigenvalue weighted by Crippen LogP contribution is 2.65. The Morgan fingerprint density at radius 2 is 1.94 bits per heavy atom. The summed E-state index contributed by atoms with van der Waals surface area (Å²) in [6.45, 7) is 1.79. The van der Waals surface area contributed by atoms with Crippen LogP contribution in [0.1, 0.15) is 30.5 Å². The number of nitrogens with zero attached hydrogens (tertiary/aromatic N) is 3. The molecule has 3 aromatic rings. The van der Waals surface area contributed by atoms with Crippen LogP contribution in [0.3, 0.4) is 0 Å². The zero-order valence-corrected chi connectivity index (χ0v) is 21.9. The summed E-state index contributed by atoms with van der Waals surface area (Å²) in [6, 6.07) is 8.93. The molecule has 0 amide bonds. The first kappa shape index (κ1) is 23.6. The van der Waals surface area contributed by atoms with Crippen molar-refractivity contribution >= 4 is 50.2 Å². The van der Waals surface area contributed by atoms with Crippen LogP contribution in [-0.2, 0) is 21.5 Å². The van der Waals surface area contributed by atoms with E-state index in [-0.39, 0.29) is 41.9 Å². The van der Waals surface area contributed by atoms with Crippen LogP contribution in [0.25, 0.3) is 20.9 Å². The van der Waals surface area contributed by atoms with Crippen LogP contribution >= 0.6 is 33.9 Å². The van der Waals surface area contributed by atoms with Crippen molar-refractivity contribution in [1.29, 1.82) is 0 Å². The second-order valence-corrected chi connectivity index (χ2v) is 12.4. The standard InChI is InChI=1S/C25H23F3IN3O2S/c1-34-23(33)14-11-32(12-14)10-13-2-3-16(17(26)6-13)21-30-18-4-5-20(31-22(18)35-21)25(9-19(25)29)15-7-24(27,28)8-15/h2-6,14-15,19H,7-12H2,1H3. The van der Waals surface area contributed by atoms with Gasteiger partial charge in [-0.05, 0) is 42.2 Å². The minimum Gasteiger partial charge on any atom is -0.469 e. The number of pyridine rings is 1. The van der Waals surface area contributed by atoms with Crippen molar-refractivity contribution in [3.63, 3.8) is 0 Å². The molecule has 1 aliphatic heterocycles. The van der Waals surface area contributed by atoms with Gasteiger partial charge in [-0.1, -0.05) is 40.0 Å². The maximum absolute atomic E-state index is 15.0. The van der Waals surface area contributed by atoms with E-state index in [0.29, 0.717) is 44.5 Å². The lowest BCUT2D eigenvalue weighted by Gasteiger charge is -2.40. The molecule has 2 unspecified atom stereocenters. The van der Waals surface area contributed by atoms with E-state index in [9.17, 15) is 13.6 Å². The van der Waals surface area contributed by atoms with Crippen LogP contribution in [0.15, 0.2) is 30.3 Å². The summed E-state index contributed by atoms with van der Waals surface area (Å²) in [7, 11) is 1.39. The number of carbonyl (C=O) groups excluding carboxylic acids is 1. The number of thiazole rings is 1. The molecule has 6 rings (SSSR count). The van der Waals surface area contributed by atoms with E-state index >= 15 is 4.39 Å². The van der Waals surface area contributed by atoms with E-state index in [1.165, 1.54) is 24.5 Å². The average molecular weight is 613 g/mol. The topological polar surface area (TPSA) is 55.3 Å². The molecule has 10 heteroatoms. The number of esters is 1. The fraction of sp³-hybridized carbons (Fsp3) is 0.480. The van der Waals surface area contributed by atoms with E-state index in [1.807, 2.05) is 18.2 Å². The summed E-state index contributed by atoms with van der Waals surface area (Å²) >= 11 is 3.68. The Bertz CT molecular complexity index is 1320. The third kappa shape index (κ3) is 4.05. The molecule has 2 saturated carbocycles. The highest BCUT2D eigenvalue weighted by molar-refractivity contribution is 14.1. The molecule has 0 spiro atoms. The maximum Gasteiger partial charge on any atom is 0.311 e.